The molecule has 0 aromatic heterocycles. The highest BCUT2D eigenvalue weighted by atomic mass is 16.8. The number of hydrogen-bond acceptors (Lipinski definition) is 5. The van der Waals surface area contributed by atoms with E-state index in [1.54, 1.807) is 0 Å². The molecule has 5 heteroatoms. The molecule has 1 aromatic carbocycles. The fourth-order valence-corrected chi connectivity index (χ4v) is 5.06. The lowest BCUT2D eigenvalue weighted by molar-refractivity contribution is -0.181. The molecule has 0 spiro atoms. The second kappa shape index (κ2) is 5.79. The Balaban J connectivity index is 1.74. The summed E-state index contributed by atoms with van der Waals surface area (Å²) in [5, 5.41) is 0. The lowest BCUT2D eigenvalue weighted by atomic mass is 9.75. The maximum atomic E-state index is 12.8. The summed E-state index contributed by atoms with van der Waals surface area (Å²) in [5.74, 6) is -0.874. The molecular formula is C20H27NO4. The lowest BCUT2D eigenvalue weighted by Gasteiger charge is -2.43. The monoisotopic (exact) mass is 345 g/mol. The topological polar surface area (TPSA) is 48.0 Å². The van der Waals surface area contributed by atoms with E-state index < -0.39 is 5.79 Å². The largest absolute Gasteiger partial charge is 0.469 e. The number of carbonyl (C=O) groups is 1. The number of methoxy groups -OCH3 is 1. The minimum absolute atomic E-state index is 0.00704. The van der Waals surface area contributed by atoms with Gasteiger partial charge in [0.15, 0.2) is 5.79 Å². The van der Waals surface area contributed by atoms with Crippen LogP contribution in [0.25, 0.3) is 0 Å². The lowest BCUT2D eigenvalue weighted by Crippen LogP contribution is -2.53. The molecule has 0 N–H and O–H groups in total. The highest BCUT2D eigenvalue weighted by Crippen LogP contribution is 2.52. The van der Waals surface area contributed by atoms with Crippen LogP contribution in [0.15, 0.2) is 24.3 Å². The number of likely N-dealkylation sites (N-methyl/N-ethyl adjacent to an activating group) is 1. The van der Waals surface area contributed by atoms with E-state index >= 15 is 0 Å². The van der Waals surface area contributed by atoms with Gasteiger partial charge >= 0.3 is 5.97 Å². The number of ether oxygens (including phenoxy) is 3. The van der Waals surface area contributed by atoms with Crippen molar-refractivity contribution < 1.29 is 19.0 Å². The molecule has 3 aliphatic heterocycles. The highest BCUT2D eigenvalue weighted by Gasteiger charge is 2.64. The third-order valence-corrected chi connectivity index (χ3v) is 6.15. The van der Waals surface area contributed by atoms with E-state index in [1.165, 1.54) is 18.2 Å². The van der Waals surface area contributed by atoms with Crippen LogP contribution in [0, 0.1) is 12.8 Å². The Morgan fingerprint density at radius 1 is 1.20 bits per heavy atom. The summed E-state index contributed by atoms with van der Waals surface area (Å²) in [4.78, 5) is 15.0. The molecule has 2 bridgehead atoms. The standard InChI is InChI=1S/C20H27NO4/c1-11-6-8-12(9-7-11)13-10-14-17-18(25-20(2,3)24-17)16(21(14)4)15(13)19(22)23-5/h6-9,13-18H,10H2,1-5H3/t13-,14-,15+,16+,17-,18+/m1/s1. The maximum Gasteiger partial charge on any atom is 0.310 e. The number of fused-ring (bicyclic) bond motifs is 5. The van der Waals surface area contributed by atoms with Gasteiger partial charge in [-0.2, -0.15) is 0 Å². The van der Waals surface area contributed by atoms with Gasteiger partial charge in [0.1, 0.15) is 12.2 Å². The van der Waals surface area contributed by atoms with E-state index in [9.17, 15) is 4.79 Å². The molecule has 0 amide bonds. The first kappa shape index (κ1) is 17.0. The summed E-state index contributed by atoms with van der Waals surface area (Å²) in [6.07, 6.45) is 0.785. The molecule has 3 aliphatic rings. The number of carbonyl (C=O) groups excluding carboxylic acids is 1. The van der Waals surface area contributed by atoms with Crippen molar-refractivity contribution in [1.82, 2.24) is 4.90 Å². The first-order valence-electron chi connectivity index (χ1n) is 9.04. The third kappa shape index (κ3) is 2.60. The van der Waals surface area contributed by atoms with Crippen molar-refractivity contribution in [3.05, 3.63) is 35.4 Å². The summed E-state index contributed by atoms with van der Waals surface area (Å²) in [5.41, 5.74) is 2.42. The summed E-state index contributed by atoms with van der Waals surface area (Å²) in [6, 6.07) is 8.74. The summed E-state index contributed by atoms with van der Waals surface area (Å²) in [7, 11) is 3.55. The van der Waals surface area contributed by atoms with Crippen molar-refractivity contribution in [2.24, 2.45) is 5.92 Å². The van der Waals surface area contributed by atoms with Gasteiger partial charge < -0.3 is 14.2 Å². The van der Waals surface area contributed by atoms with Crippen molar-refractivity contribution in [3.63, 3.8) is 0 Å². The molecule has 3 saturated heterocycles. The molecule has 0 aliphatic carbocycles. The van der Waals surface area contributed by atoms with Crippen LogP contribution in [0.5, 0.6) is 0 Å². The zero-order valence-corrected chi connectivity index (χ0v) is 15.6. The van der Waals surface area contributed by atoms with E-state index in [2.05, 4.69) is 43.1 Å². The Kier molecular flexibility index (Phi) is 3.94. The molecule has 4 rings (SSSR count). The van der Waals surface area contributed by atoms with Crippen molar-refractivity contribution in [2.75, 3.05) is 14.2 Å². The zero-order chi connectivity index (χ0) is 17.9. The second-order valence-electron chi connectivity index (χ2n) is 8.09. The number of aryl methyl sites for hydroxylation is 1. The van der Waals surface area contributed by atoms with Crippen LogP contribution >= 0.6 is 0 Å². The Morgan fingerprint density at radius 3 is 2.48 bits per heavy atom. The van der Waals surface area contributed by atoms with Crippen molar-refractivity contribution >= 4 is 5.97 Å². The number of piperidine rings is 1. The van der Waals surface area contributed by atoms with Gasteiger partial charge in [-0.15, -0.1) is 0 Å². The zero-order valence-electron chi connectivity index (χ0n) is 15.6. The van der Waals surface area contributed by atoms with Gasteiger partial charge in [-0.3, -0.25) is 9.69 Å². The van der Waals surface area contributed by atoms with Gasteiger partial charge in [0, 0.05) is 12.0 Å². The van der Waals surface area contributed by atoms with E-state index in [1.807, 2.05) is 13.8 Å². The van der Waals surface area contributed by atoms with Crippen molar-refractivity contribution in [2.45, 2.75) is 63.2 Å². The van der Waals surface area contributed by atoms with Crippen LogP contribution in [-0.2, 0) is 19.0 Å². The first-order chi connectivity index (χ1) is 11.8. The molecule has 3 heterocycles. The average Bonchev–Trinajstić information content (AvgIpc) is 2.95. The van der Waals surface area contributed by atoms with Crippen LogP contribution < -0.4 is 0 Å². The van der Waals surface area contributed by atoms with E-state index in [0.29, 0.717) is 0 Å². The highest BCUT2D eigenvalue weighted by molar-refractivity contribution is 5.75. The van der Waals surface area contributed by atoms with Crippen molar-refractivity contribution in [3.8, 4) is 0 Å². The summed E-state index contributed by atoms with van der Waals surface area (Å²) in [6.45, 7) is 5.98. The quantitative estimate of drug-likeness (QED) is 0.771. The molecular weight excluding hydrogens is 318 g/mol. The van der Waals surface area contributed by atoms with Gasteiger partial charge in [0.2, 0.25) is 0 Å². The SMILES string of the molecule is COC(=O)[C@@H]1[C@H]2[C@@H]3OC(C)(C)O[C@@H]3[C@@H](C[C@@H]1c1ccc(C)cc1)N2C. The number of nitrogens with zero attached hydrogens (tertiary/aromatic N) is 1. The van der Waals surface area contributed by atoms with Crippen LogP contribution in [0.4, 0.5) is 0 Å². The molecule has 25 heavy (non-hydrogen) atoms. The molecule has 1 aromatic rings. The van der Waals surface area contributed by atoms with Gasteiger partial charge in [-0.05, 0) is 39.8 Å². The minimum Gasteiger partial charge on any atom is -0.469 e. The number of rotatable bonds is 2. The maximum absolute atomic E-state index is 12.8. The minimum atomic E-state index is -0.593. The fourth-order valence-electron chi connectivity index (χ4n) is 5.06. The molecule has 0 radical (unpaired) electrons. The Labute approximate surface area is 149 Å². The predicted molar refractivity (Wildman–Crippen MR) is 93.2 cm³/mol. The average molecular weight is 345 g/mol. The number of benzene rings is 1. The third-order valence-electron chi connectivity index (χ3n) is 6.15. The van der Waals surface area contributed by atoms with Gasteiger partial charge in [0.25, 0.3) is 0 Å². The molecule has 136 valence electrons. The van der Waals surface area contributed by atoms with E-state index in [0.717, 1.165) is 6.42 Å². The van der Waals surface area contributed by atoms with E-state index in [4.69, 9.17) is 14.2 Å². The van der Waals surface area contributed by atoms with Crippen LogP contribution in [0.3, 0.4) is 0 Å². The van der Waals surface area contributed by atoms with Gasteiger partial charge in [-0.25, -0.2) is 0 Å². The Morgan fingerprint density at radius 2 is 1.84 bits per heavy atom. The Hall–Kier alpha value is -1.43. The number of hydrogen-bond donors (Lipinski definition) is 0. The molecule has 5 nitrogen and oxygen atoms in total. The molecule has 3 fully saturated rings. The number of esters is 1. The second-order valence-corrected chi connectivity index (χ2v) is 8.09. The fraction of sp³-hybridized carbons (Fsp3) is 0.650. The molecule has 6 atom stereocenters. The normalized spacial score (nSPS) is 39.2. The van der Waals surface area contributed by atoms with Crippen LogP contribution in [0.2, 0.25) is 0 Å². The van der Waals surface area contributed by atoms with E-state index in [-0.39, 0.29) is 42.1 Å². The van der Waals surface area contributed by atoms with Gasteiger partial charge in [0.05, 0.1) is 19.1 Å². The summed E-state index contributed by atoms with van der Waals surface area (Å²) < 4.78 is 17.6. The predicted octanol–water partition coefficient (Wildman–Crippen LogP) is 2.47. The van der Waals surface area contributed by atoms with Gasteiger partial charge in [-0.1, -0.05) is 29.8 Å². The first-order valence-corrected chi connectivity index (χ1v) is 9.04. The van der Waals surface area contributed by atoms with Crippen LogP contribution in [0.1, 0.15) is 37.3 Å². The Bertz CT molecular complexity index is 671. The molecule has 0 unspecified atom stereocenters. The molecule has 0 saturated carbocycles. The smallest absolute Gasteiger partial charge is 0.310 e. The van der Waals surface area contributed by atoms with Crippen molar-refractivity contribution in [1.29, 1.82) is 0 Å². The van der Waals surface area contributed by atoms with Crippen LogP contribution in [-0.4, -0.2) is 55.1 Å². The summed E-state index contributed by atoms with van der Waals surface area (Å²) >= 11 is 0.